The standard InChI is InChI=1S/C23H24N2O4/c1-5-28-18-10-12-20(13-11-18)29-19-8-6-17(7-9-19)25-23(27)22-14(2)21(16(4)26)15(3)24-22/h6-13,24H,5H2,1-4H3,(H,25,27). The Morgan fingerprint density at radius 1 is 0.931 bits per heavy atom. The van der Waals surface area contributed by atoms with Gasteiger partial charge in [0.15, 0.2) is 5.78 Å². The van der Waals surface area contributed by atoms with E-state index in [1.54, 1.807) is 38.1 Å². The fourth-order valence-electron chi connectivity index (χ4n) is 3.21. The summed E-state index contributed by atoms with van der Waals surface area (Å²) >= 11 is 0. The number of nitrogens with one attached hydrogen (secondary N) is 2. The van der Waals surface area contributed by atoms with Crippen LogP contribution < -0.4 is 14.8 Å². The van der Waals surface area contributed by atoms with Crippen LogP contribution in [-0.4, -0.2) is 23.3 Å². The normalized spacial score (nSPS) is 10.5. The van der Waals surface area contributed by atoms with Crippen molar-refractivity contribution in [2.24, 2.45) is 0 Å². The van der Waals surface area contributed by atoms with Crippen molar-refractivity contribution in [3.63, 3.8) is 0 Å². The number of ether oxygens (including phenoxy) is 2. The molecule has 1 amide bonds. The lowest BCUT2D eigenvalue weighted by molar-refractivity contribution is 0.101. The van der Waals surface area contributed by atoms with Crippen LogP contribution in [0.2, 0.25) is 0 Å². The molecule has 0 radical (unpaired) electrons. The first-order valence-electron chi connectivity index (χ1n) is 9.41. The number of benzene rings is 2. The number of aryl methyl sites for hydroxylation is 1. The lowest BCUT2D eigenvalue weighted by Gasteiger charge is -2.09. The summed E-state index contributed by atoms with van der Waals surface area (Å²) in [6, 6.07) is 14.5. The summed E-state index contributed by atoms with van der Waals surface area (Å²) in [7, 11) is 0. The van der Waals surface area contributed by atoms with Crippen molar-refractivity contribution in [2.75, 3.05) is 11.9 Å². The Labute approximate surface area is 169 Å². The SMILES string of the molecule is CCOc1ccc(Oc2ccc(NC(=O)c3[nH]c(C)c(C(C)=O)c3C)cc2)cc1. The molecule has 6 nitrogen and oxygen atoms in total. The highest BCUT2D eigenvalue weighted by Gasteiger charge is 2.19. The van der Waals surface area contributed by atoms with Gasteiger partial charge in [-0.1, -0.05) is 0 Å². The molecule has 0 aliphatic carbocycles. The number of rotatable bonds is 7. The molecule has 6 heteroatoms. The van der Waals surface area contributed by atoms with E-state index >= 15 is 0 Å². The molecule has 0 saturated carbocycles. The fraction of sp³-hybridized carbons (Fsp3) is 0.217. The van der Waals surface area contributed by atoms with Gasteiger partial charge < -0.3 is 19.8 Å². The van der Waals surface area contributed by atoms with Crippen LogP contribution in [0.3, 0.4) is 0 Å². The highest BCUT2D eigenvalue weighted by Crippen LogP contribution is 2.26. The molecule has 3 rings (SSSR count). The van der Waals surface area contributed by atoms with Gasteiger partial charge in [-0.25, -0.2) is 0 Å². The first-order chi connectivity index (χ1) is 13.9. The second kappa shape index (κ2) is 8.65. The number of carbonyl (C=O) groups excluding carboxylic acids is 2. The van der Waals surface area contributed by atoms with Crippen molar-refractivity contribution >= 4 is 17.4 Å². The molecule has 2 N–H and O–H groups in total. The van der Waals surface area contributed by atoms with Crippen LogP contribution in [0.25, 0.3) is 0 Å². The van der Waals surface area contributed by atoms with Crippen molar-refractivity contribution < 1.29 is 19.1 Å². The lowest BCUT2D eigenvalue weighted by atomic mass is 10.1. The number of hydrogen-bond donors (Lipinski definition) is 2. The van der Waals surface area contributed by atoms with Crippen molar-refractivity contribution in [1.82, 2.24) is 4.98 Å². The zero-order valence-corrected chi connectivity index (χ0v) is 17.0. The summed E-state index contributed by atoms with van der Waals surface area (Å²) in [5, 5.41) is 2.84. The van der Waals surface area contributed by atoms with Gasteiger partial charge in [0.1, 0.15) is 22.9 Å². The number of H-pyrrole nitrogens is 1. The monoisotopic (exact) mass is 392 g/mol. The predicted octanol–water partition coefficient (Wildman–Crippen LogP) is 5.28. The number of aromatic nitrogens is 1. The van der Waals surface area contributed by atoms with Crippen molar-refractivity contribution in [2.45, 2.75) is 27.7 Å². The van der Waals surface area contributed by atoms with Gasteiger partial charge in [0.05, 0.1) is 6.61 Å². The quantitative estimate of drug-likeness (QED) is 0.536. The number of carbonyl (C=O) groups is 2. The van der Waals surface area contributed by atoms with E-state index in [1.807, 2.05) is 31.2 Å². The minimum Gasteiger partial charge on any atom is -0.494 e. The van der Waals surface area contributed by atoms with Gasteiger partial charge in [0.2, 0.25) is 0 Å². The number of ketones is 1. The second-order valence-corrected chi connectivity index (χ2v) is 6.67. The molecule has 0 fully saturated rings. The van der Waals surface area contributed by atoms with E-state index in [1.165, 1.54) is 6.92 Å². The highest BCUT2D eigenvalue weighted by atomic mass is 16.5. The van der Waals surface area contributed by atoms with Crippen LogP contribution in [0.4, 0.5) is 5.69 Å². The third-order valence-corrected chi connectivity index (χ3v) is 4.50. The van der Waals surface area contributed by atoms with Crippen LogP contribution in [0.5, 0.6) is 17.2 Å². The zero-order valence-electron chi connectivity index (χ0n) is 17.0. The Bertz CT molecular complexity index is 1020. The Morgan fingerprint density at radius 3 is 2.00 bits per heavy atom. The first-order valence-corrected chi connectivity index (χ1v) is 9.41. The number of aromatic amines is 1. The molecular formula is C23H24N2O4. The average Bonchev–Trinajstić information content (AvgIpc) is 2.99. The van der Waals surface area contributed by atoms with E-state index in [4.69, 9.17) is 9.47 Å². The smallest absolute Gasteiger partial charge is 0.272 e. The van der Waals surface area contributed by atoms with E-state index in [-0.39, 0.29) is 11.7 Å². The molecule has 1 aromatic heterocycles. The van der Waals surface area contributed by atoms with Gasteiger partial charge in [-0.15, -0.1) is 0 Å². The van der Waals surface area contributed by atoms with E-state index in [0.717, 1.165) is 5.75 Å². The van der Waals surface area contributed by atoms with E-state index in [9.17, 15) is 9.59 Å². The van der Waals surface area contributed by atoms with Crippen LogP contribution in [0.15, 0.2) is 48.5 Å². The molecule has 29 heavy (non-hydrogen) atoms. The molecule has 0 unspecified atom stereocenters. The van der Waals surface area contributed by atoms with Crippen LogP contribution >= 0.6 is 0 Å². The molecular weight excluding hydrogens is 368 g/mol. The van der Waals surface area contributed by atoms with E-state index < -0.39 is 0 Å². The molecule has 2 aromatic carbocycles. The molecule has 150 valence electrons. The Balaban J connectivity index is 1.67. The zero-order chi connectivity index (χ0) is 21.0. The average molecular weight is 392 g/mol. The Hall–Kier alpha value is -3.54. The fourth-order valence-corrected chi connectivity index (χ4v) is 3.21. The molecule has 0 spiro atoms. The van der Waals surface area contributed by atoms with Gasteiger partial charge in [0.25, 0.3) is 5.91 Å². The predicted molar refractivity (Wildman–Crippen MR) is 112 cm³/mol. The molecule has 0 aliphatic heterocycles. The topological polar surface area (TPSA) is 80.4 Å². The Morgan fingerprint density at radius 2 is 1.48 bits per heavy atom. The van der Waals surface area contributed by atoms with E-state index in [0.29, 0.717) is 46.3 Å². The van der Waals surface area contributed by atoms with Gasteiger partial charge in [0, 0.05) is 16.9 Å². The van der Waals surface area contributed by atoms with Crippen LogP contribution in [0.1, 0.15) is 46.0 Å². The van der Waals surface area contributed by atoms with Gasteiger partial charge in [-0.05, 0) is 81.8 Å². The maximum Gasteiger partial charge on any atom is 0.272 e. The summed E-state index contributed by atoms with van der Waals surface area (Å²) in [6.45, 7) is 7.60. The number of amides is 1. The molecule has 0 saturated heterocycles. The molecule has 0 aliphatic rings. The van der Waals surface area contributed by atoms with Gasteiger partial charge in [-0.2, -0.15) is 0 Å². The summed E-state index contributed by atoms with van der Waals surface area (Å²) in [5.41, 5.74) is 2.93. The van der Waals surface area contributed by atoms with Gasteiger partial charge >= 0.3 is 0 Å². The Kier molecular flexibility index (Phi) is 6.02. The maximum atomic E-state index is 12.6. The largest absolute Gasteiger partial charge is 0.494 e. The molecule has 0 atom stereocenters. The molecule has 1 heterocycles. The third-order valence-electron chi connectivity index (χ3n) is 4.50. The minimum absolute atomic E-state index is 0.0638. The van der Waals surface area contributed by atoms with Crippen molar-refractivity contribution in [3.05, 3.63) is 71.0 Å². The number of hydrogen-bond acceptors (Lipinski definition) is 4. The molecule has 3 aromatic rings. The van der Waals surface area contributed by atoms with Crippen molar-refractivity contribution in [1.29, 1.82) is 0 Å². The first kappa shape index (κ1) is 20.2. The summed E-state index contributed by atoms with van der Waals surface area (Å²) in [5.74, 6) is 1.78. The van der Waals surface area contributed by atoms with Crippen LogP contribution in [-0.2, 0) is 0 Å². The minimum atomic E-state index is -0.293. The molecule has 0 bridgehead atoms. The van der Waals surface area contributed by atoms with E-state index in [2.05, 4.69) is 10.3 Å². The lowest BCUT2D eigenvalue weighted by Crippen LogP contribution is -2.13. The highest BCUT2D eigenvalue weighted by molar-refractivity contribution is 6.07. The summed E-state index contributed by atoms with van der Waals surface area (Å²) < 4.78 is 11.2. The maximum absolute atomic E-state index is 12.6. The summed E-state index contributed by atoms with van der Waals surface area (Å²) in [6.07, 6.45) is 0. The third kappa shape index (κ3) is 4.66. The van der Waals surface area contributed by atoms with Crippen LogP contribution in [0, 0.1) is 13.8 Å². The van der Waals surface area contributed by atoms with Crippen molar-refractivity contribution in [3.8, 4) is 17.2 Å². The van der Waals surface area contributed by atoms with Gasteiger partial charge in [-0.3, -0.25) is 9.59 Å². The second-order valence-electron chi connectivity index (χ2n) is 6.67. The number of Topliss-reactive ketones (excluding diaryl/α,β-unsaturated/α-hetero) is 1. The number of anilines is 1. The summed E-state index contributed by atoms with van der Waals surface area (Å²) in [4.78, 5) is 27.3.